The van der Waals surface area contributed by atoms with Gasteiger partial charge in [0.1, 0.15) is 5.82 Å². The van der Waals surface area contributed by atoms with E-state index in [4.69, 9.17) is 19.2 Å². The van der Waals surface area contributed by atoms with Crippen LogP contribution in [0.4, 0.5) is 5.82 Å². The molecule has 0 amide bonds. The maximum atomic E-state index is 6.14. The number of benzene rings is 1. The number of rotatable bonds is 8. The van der Waals surface area contributed by atoms with Gasteiger partial charge in [0.25, 0.3) is 0 Å². The van der Waals surface area contributed by atoms with Crippen molar-refractivity contribution in [3.8, 4) is 11.5 Å². The van der Waals surface area contributed by atoms with Crippen molar-refractivity contribution in [2.24, 2.45) is 0 Å². The Morgan fingerprint density at radius 2 is 2.03 bits per heavy atom. The van der Waals surface area contributed by atoms with Gasteiger partial charge in [-0.15, -0.1) is 0 Å². The average molecular weight is 398 g/mol. The van der Waals surface area contributed by atoms with Gasteiger partial charge in [0.15, 0.2) is 11.5 Å². The van der Waals surface area contributed by atoms with Crippen LogP contribution in [0.15, 0.2) is 12.1 Å². The van der Waals surface area contributed by atoms with E-state index in [1.807, 2.05) is 0 Å². The molecule has 0 atom stereocenters. The molecular formula is C23H31N3O3. The Labute approximate surface area is 172 Å². The summed E-state index contributed by atoms with van der Waals surface area (Å²) in [6.07, 6.45) is 7.05. The summed E-state index contributed by atoms with van der Waals surface area (Å²) in [6.45, 7) is 5.65. The van der Waals surface area contributed by atoms with Gasteiger partial charge in [-0.25, -0.2) is 4.98 Å². The average Bonchev–Trinajstić information content (AvgIpc) is 3.42. The van der Waals surface area contributed by atoms with Gasteiger partial charge in [0.2, 0.25) is 0 Å². The zero-order chi connectivity index (χ0) is 19.6. The van der Waals surface area contributed by atoms with Crippen molar-refractivity contribution in [2.45, 2.75) is 51.2 Å². The van der Waals surface area contributed by atoms with Crippen molar-refractivity contribution in [1.82, 2.24) is 9.88 Å². The Kier molecular flexibility index (Phi) is 5.46. The molecule has 0 bridgehead atoms. The van der Waals surface area contributed by atoms with E-state index >= 15 is 0 Å². The minimum atomic E-state index is 0.561. The molecule has 2 fully saturated rings. The topological polar surface area (TPSA) is 55.8 Å². The third-order valence-corrected chi connectivity index (χ3v) is 6.23. The maximum Gasteiger partial charge on any atom is 0.163 e. The number of pyridine rings is 1. The summed E-state index contributed by atoms with van der Waals surface area (Å²) in [4.78, 5) is 7.48. The first-order valence-corrected chi connectivity index (χ1v) is 11.0. The molecule has 5 rings (SSSR count). The van der Waals surface area contributed by atoms with Gasteiger partial charge in [-0.05, 0) is 63.2 Å². The molecule has 1 N–H and O–H groups in total. The van der Waals surface area contributed by atoms with Crippen molar-refractivity contribution in [3.05, 3.63) is 23.3 Å². The van der Waals surface area contributed by atoms with E-state index in [0.29, 0.717) is 19.3 Å². The van der Waals surface area contributed by atoms with Crippen LogP contribution in [0.2, 0.25) is 0 Å². The predicted octanol–water partition coefficient (Wildman–Crippen LogP) is 3.76. The van der Waals surface area contributed by atoms with E-state index in [1.54, 1.807) is 7.11 Å². The molecule has 1 aliphatic carbocycles. The third-order valence-electron chi connectivity index (χ3n) is 6.23. The molecule has 2 aliphatic heterocycles. The molecule has 1 saturated heterocycles. The first kappa shape index (κ1) is 18.9. The van der Waals surface area contributed by atoms with Crippen LogP contribution in [-0.2, 0) is 17.8 Å². The normalized spacial score (nSPS) is 19.3. The number of methoxy groups -OCH3 is 1. The highest BCUT2D eigenvalue weighted by Gasteiger charge is 2.26. The molecule has 6 nitrogen and oxygen atoms in total. The molecule has 0 radical (unpaired) electrons. The summed E-state index contributed by atoms with van der Waals surface area (Å²) >= 11 is 0. The molecule has 6 heteroatoms. The Balaban J connectivity index is 1.40. The molecule has 156 valence electrons. The highest BCUT2D eigenvalue weighted by molar-refractivity contribution is 5.89. The number of nitrogens with one attached hydrogen (secondary N) is 1. The molecule has 0 unspecified atom stereocenters. The number of nitrogens with zero attached hydrogens (tertiary/aromatic N) is 2. The predicted molar refractivity (Wildman–Crippen MR) is 114 cm³/mol. The van der Waals surface area contributed by atoms with E-state index in [9.17, 15) is 0 Å². The van der Waals surface area contributed by atoms with Gasteiger partial charge in [0, 0.05) is 29.6 Å². The van der Waals surface area contributed by atoms with E-state index in [1.165, 1.54) is 49.9 Å². The number of likely N-dealkylation sites (tertiary alicyclic amines) is 1. The van der Waals surface area contributed by atoms with Crippen molar-refractivity contribution in [1.29, 1.82) is 0 Å². The lowest BCUT2D eigenvalue weighted by molar-refractivity contribution is 0.111. The molecule has 2 aromatic rings. The number of ether oxygens (including phenoxy) is 3. The quantitative estimate of drug-likeness (QED) is 0.685. The zero-order valence-corrected chi connectivity index (χ0v) is 17.3. The van der Waals surface area contributed by atoms with Gasteiger partial charge < -0.3 is 24.4 Å². The van der Waals surface area contributed by atoms with Crippen molar-refractivity contribution < 1.29 is 14.2 Å². The van der Waals surface area contributed by atoms with Crippen LogP contribution in [-0.4, -0.2) is 55.9 Å². The van der Waals surface area contributed by atoms with Crippen LogP contribution in [0.1, 0.15) is 43.2 Å². The van der Waals surface area contributed by atoms with Gasteiger partial charge >= 0.3 is 0 Å². The third kappa shape index (κ3) is 4.14. The summed E-state index contributed by atoms with van der Waals surface area (Å²) in [5.41, 5.74) is 3.52. The molecule has 1 saturated carbocycles. The molecule has 3 aliphatic rings. The first-order valence-electron chi connectivity index (χ1n) is 11.0. The SMILES string of the molecule is COc1cc2c3c(c(NC4CC4)nc2cc1OCCCN1CCCC1)COCC3. The summed E-state index contributed by atoms with van der Waals surface area (Å²) in [7, 11) is 1.71. The van der Waals surface area contributed by atoms with Crippen LogP contribution >= 0.6 is 0 Å². The molecule has 29 heavy (non-hydrogen) atoms. The summed E-state index contributed by atoms with van der Waals surface area (Å²) < 4.78 is 17.5. The van der Waals surface area contributed by atoms with Crippen LogP contribution in [0.25, 0.3) is 10.9 Å². The molecule has 1 aromatic heterocycles. The number of hydrogen-bond acceptors (Lipinski definition) is 6. The second-order valence-electron chi connectivity index (χ2n) is 8.41. The standard InChI is InChI=1S/C23H31N3O3/c1-27-21-13-18-17-7-12-28-15-19(17)23(24-16-5-6-16)25-20(18)14-22(21)29-11-4-10-26-8-2-3-9-26/h13-14,16H,2-12,15H2,1H3,(H,24,25). The number of fused-ring (bicyclic) bond motifs is 3. The van der Waals surface area contributed by atoms with Gasteiger partial charge in [-0.1, -0.05) is 0 Å². The maximum absolute atomic E-state index is 6.14. The highest BCUT2D eigenvalue weighted by atomic mass is 16.5. The largest absolute Gasteiger partial charge is 0.493 e. The second kappa shape index (κ2) is 8.36. The summed E-state index contributed by atoms with van der Waals surface area (Å²) in [6, 6.07) is 4.71. The Morgan fingerprint density at radius 1 is 1.17 bits per heavy atom. The van der Waals surface area contributed by atoms with E-state index in [-0.39, 0.29) is 0 Å². The Bertz CT molecular complexity index is 876. The van der Waals surface area contributed by atoms with Crippen LogP contribution in [0.3, 0.4) is 0 Å². The Morgan fingerprint density at radius 3 is 2.83 bits per heavy atom. The monoisotopic (exact) mass is 397 g/mol. The van der Waals surface area contributed by atoms with Crippen molar-refractivity contribution in [2.75, 3.05) is 45.3 Å². The lowest BCUT2D eigenvalue weighted by Crippen LogP contribution is -2.22. The summed E-state index contributed by atoms with van der Waals surface area (Å²) in [5.74, 6) is 2.57. The number of hydrogen-bond donors (Lipinski definition) is 1. The number of aromatic nitrogens is 1. The molecule has 0 spiro atoms. The highest BCUT2D eigenvalue weighted by Crippen LogP contribution is 2.38. The van der Waals surface area contributed by atoms with Gasteiger partial charge in [-0.2, -0.15) is 0 Å². The second-order valence-corrected chi connectivity index (χ2v) is 8.41. The van der Waals surface area contributed by atoms with E-state index < -0.39 is 0 Å². The number of anilines is 1. The fourth-order valence-electron chi connectivity index (χ4n) is 4.46. The van der Waals surface area contributed by atoms with Gasteiger partial charge in [0.05, 0.1) is 32.4 Å². The van der Waals surface area contributed by atoms with E-state index in [2.05, 4.69) is 22.3 Å². The lowest BCUT2D eigenvalue weighted by atomic mass is 9.98. The fraction of sp³-hybridized carbons (Fsp3) is 0.609. The minimum Gasteiger partial charge on any atom is -0.493 e. The lowest BCUT2D eigenvalue weighted by Gasteiger charge is -2.23. The zero-order valence-electron chi connectivity index (χ0n) is 17.3. The first-order chi connectivity index (χ1) is 14.3. The molecular weight excluding hydrogens is 366 g/mol. The fourth-order valence-corrected chi connectivity index (χ4v) is 4.46. The minimum absolute atomic E-state index is 0.561. The van der Waals surface area contributed by atoms with Crippen molar-refractivity contribution >= 4 is 16.7 Å². The molecule has 3 heterocycles. The smallest absolute Gasteiger partial charge is 0.163 e. The van der Waals surface area contributed by atoms with E-state index in [0.717, 1.165) is 54.2 Å². The van der Waals surface area contributed by atoms with Gasteiger partial charge in [-0.3, -0.25) is 0 Å². The van der Waals surface area contributed by atoms with Crippen LogP contribution in [0.5, 0.6) is 11.5 Å². The van der Waals surface area contributed by atoms with Crippen LogP contribution < -0.4 is 14.8 Å². The Hall–Kier alpha value is -2.05. The molecule has 1 aromatic carbocycles. The summed E-state index contributed by atoms with van der Waals surface area (Å²) in [5, 5.41) is 4.76. The van der Waals surface area contributed by atoms with Crippen molar-refractivity contribution in [3.63, 3.8) is 0 Å². The van der Waals surface area contributed by atoms with Crippen LogP contribution in [0, 0.1) is 0 Å².